The summed E-state index contributed by atoms with van der Waals surface area (Å²) in [5.41, 5.74) is 5.10. The number of rotatable bonds is 6. The van der Waals surface area contributed by atoms with E-state index in [0.29, 0.717) is 0 Å². The minimum absolute atomic E-state index is 0.982. The van der Waals surface area contributed by atoms with Crippen molar-refractivity contribution in [3.63, 3.8) is 0 Å². The third kappa shape index (κ3) is 3.13. The van der Waals surface area contributed by atoms with Crippen LogP contribution in [-0.4, -0.2) is 23.4 Å². The Kier molecular flexibility index (Phi) is 5.38. The van der Waals surface area contributed by atoms with Crippen molar-refractivity contribution >= 4 is 15.9 Å². The zero-order chi connectivity index (χ0) is 14.5. The summed E-state index contributed by atoms with van der Waals surface area (Å²) >= 11 is 3.48. The number of hydrogen-bond donors (Lipinski definition) is 1. The van der Waals surface area contributed by atoms with Gasteiger partial charge in [-0.15, -0.1) is 0 Å². The summed E-state index contributed by atoms with van der Waals surface area (Å²) in [7, 11) is 2.00. The van der Waals surface area contributed by atoms with Gasteiger partial charge in [0.25, 0.3) is 0 Å². The Bertz CT molecular complexity index is 558. The van der Waals surface area contributed by atoms with Crippen molar-refractivity contribution in [2.45, 2.75) is 33.1 Å². The highest BCUT2D eigenvalue weighted by molar-refractivity contribution is 9.10. The van der Waals surface area contributed by atoms with Gasteiger partial charge in [-0.3, -0.25) is 0 Å². The molecule has 20 heavy (non-hydrogen) atoms. The average molecular weight is 336 g/mol. The molecule has 2 rings (SSSR count). The summed E-state index contributed by atoms with van der Waals surface area (Å²) in [6.45, 7) is 5.37. The quantitative estimate of drug-likeness (QED) is 0.875. The fraction of sp³-hybridized carbons (Fsp3) is 0.438. The first-order chi connectivity index (χ1) is 9.71. The molecule has 0 fully saturated rings. The lowest BCUT2D eigenvalue weighted by Crippen LogP contribution is -2.12. The van der Waals surface area contributed by atoms with Crippen LogP contribution in [0.5, 0.6) is 0 Å². The highest BCUT2D eigenvalue weighted by atomic mass is 79.9. The number of benzene rings is 1. The smallest absolute Gasteiger partial charge is 0.0661 e. The van der Waals surface area contributed by atoms with Crippen molar-refractivity contribution < 1.29 is 0 Å². The van der Waals surface area contributed by atoms with E-state index < -0.39 is 0 Å². The number of aromatic nitrogens is 2. The fourth-order valence-electron chi connectivity index (χ4n) is 2.52. The van der Waals surface area contributed by atoms with Crippen LogP contribution < -0.4 is 5.32 Å². The molecule has 1 N–H and O–H groups in total. The van der Waals surface area contributed by atoms with E-state index in [-0.39, 0.29) is 0 Å². The molecular formula is C16H22BrN3. The monoisotopic (exact) mass is 335 g/mol. The molecule has 1 aromatic heterocycles. The Labute approximate surface area is 129 Å². The molecule has 0 atom stereocenters. The number of aryl methyl sites for hydroxylation is 1. The van der Waals surface area contributed by atoms with Gasteiger partial charge >= 0.3 is 0 Å². The van der Waals surface area contributed by atoms with Crippen LogP contribution in [0.3, 0.4) is 0 Å². The summed E-state index contributed by atoms with van der Waals surface area (Å²) in [6, 6.07) is 8.35. The van der Waals surface area contributed by atoms with Gasteiger partial charge in [0.2, 0.25) is 0 Å². The molecule has 0 amide bonds. The van der Waals surface area contributed by atoms with Gasteiger partial charge in [-0.2, -0.15) is 5.10 Å². The van der Waals surface area contributed by atoms with Crippen LogP contribution in [-0.2, 0) is 19.3 Å². The van der Waals surface area contributed by atoms with Crippen molar-refractivity contribution in [2.75, 3.05) is 13.6 Å². The maximum atomic E-state index is 4.83. The summed E-state index contributed by atoms with van der Waals surface area (Å²) < 4.78 is 3.20. The maximum Gasteiger partial charge on any atom is 0.0661 e. The first-order valence-electron chi connectivity index (χ1n) is 7.21. The molecule has 0 saturated heterocycles. The van der Waals surface area contributed by atoms with Gasteiger partial charge in [0.15, 0.2) is 0 Å². The standard InChI is InChI=1S/C16H22BrN3/c1-4-15-14(10-11-18-3)16(5-2)20(19-15)13-8-6-12(17)7-9-13/h6-9,18H,4-5,10-11H2,1-3H3. The van der Waals surface area contributed by atoms with Gasteiger partial charge in [-0.05, 0) is 62.7 Å². The van der Waals surface area contributed by atoms with Gasteiger partial charge in [0.05, 0.1) is 11.4 Å². The molecule has 0 radical (unpaired) electrons. The third-order valence-corrected chi connectivity index (χ3v) is 4.07. The summed E-state index contributed by atoms with van der Waals surface area (Å²) in [4.78, 5) is 0. The SMILES string of the molecule is CCc1nn(-c2ccc(Br)cc2)c(CC)c1CCNC. The van der Waals surface area contributed by atoms with Crippen LogP contribution in [0.25, 0.3) is 5.69 Å². The van der Waals surface area contributed by atoms with E-state index in [2.05, 4.69) is 64.0 Å². The lowest BCUT2D eigenvalue weighted by molar-refractivity contribution is 0.772. The normalized spacial score (nSPS) is 11.0. The topological polar surface area (TPSA) is 29.9 Å². The molecule has 1 heterocycles. The highest BCUT2D eigenvalue weighted by Crippen LogP contribution is 2.22. The minimum atomic E-state index is 0.982. The van der Waals surface area contributed by atoms with Crippen LogP contribution in [0.4, 0.5) is 0 Å². The van der Waals surface area contributed by atoms with E-state index in [9.17, 15) is 0 Å². The van der Waals surface area contributed by atoms with E-state index in [1.165, 1.54) is 17.0 Å². The Morgan fingerprint density at radius 1 is 1.15 bits per heavy atom. The molecule has 0 aliphatic heterocycles. The number of nitrogens with one attached hydrogen (secondary N) is 1. The Balaban J connectivity index is 2.47. The molecule has 0 aliphatic rings. The van der Waals surface area contributed by atoms with Gasteiger partial charge in [0, 0.05) is 10.2 Å². The van der Waals surface area contributed by atoms with Crippen LogP contribution in [0.2, 0.25) is 0 Å². The molecule has 0 aliphatic carbocycles. The number of likely N-dealkylation sites (N-methyl/N-ethyl adjacent to an activating group) is 1. The molecule has 0 spiro atoms. The lowest BCUT2D eigenvalue weighted by atomic mass is 10.1. The average Bonchev–Trinajstić information content (AvgIpc) is 2.83. The van der Waals surface area contributed by atoms with Crippen molar-refractivity contribution in [2.24, 2.45) is 0 Å². The Morgan fingerprint density at radius 3 is 2.40 bits per heavy atom. The maximum absolute atomic E-state index is 4.83. The molecule has 108 valence electrons. The summed E-state index contributed by atoms with van der Waals surface area (Å²) in [5.74, 6) is 0. The Morgan fingerprint density at radius 2 is 1.85 bits per heavy atom. The molecule has 3 nitrogen and oxygen atoms in total. The van der Waals surface area contributed by atoms with Gasteiger partial charge in [-0.1, -0.05) is 29.8 Å². The predicted molar refractivity (Wildman–Crippen MR) is 87.7 cm³/mol. The first kappa shape index (κ1) is 15.3. The summed E-state index contributed by atoms with van der Waals surface area (Å²) in [6.07, 6.45) is 3.02. The molecule has 0 saturated carbocycles. The second-order valence-corrected chi connectivity index (χ2v) is 5.74. The van der Waals surface area contributed by atoms with Crippen molar-refractivity contribution in [1.29, 1.82) is 0 Å². The third-order valence-electron chi connectivity index (χ3n) is 3.54. The van der Waals surface area contributed by atoms with E-state index in [0.717, 1.165) is 36.0 Å². The zero-order valence-electron chi connectivity index (χ0n) is 12.4. The predicted octanol–water partition coefficient (Wildman–Crippen LogP) is 3.52. The molecule has 4 heteroatoms. The van der Waals surface area contributed by atoms with E-state index in [4.69, 9.17) is 5.10 Å². The number of nitrogens with zero attached hydrogens (tertiary/aromatic N) is 2. The van der Waals surface area contributed by atoms with Gasteiger partial charge < -0.3 is 5.32 Å². The van der Waals surface area contributed by atoms with Crippen LogP contribution in [0, 0.1) is 0 Å². The van der Waals surface area contributed by atoms with Crippen LogP contribution in [0.15, 0.2) is 28.7 Å². The second kappa shape index (κ2) is 7.04. The number of halogens is 1. The molecule has 0 unspecified atom stereocenters. The molecule has 0 bridgehead atoms. The number of hydrogen-bond acceptors (Lipinski definition) is 2. The van der Waals surface area contributed by atoms with Crippen molar-refractivity contribution in [3.8, 4) is 5.69 Å². The van der Waals surface area contributed by atoms with E-state index >= 15 is 0 Å². The largest absolute Gasteiger partial charge is 0.319 e. The molecule has 1 aromatic carbocycles. The molecule has 2 aromatic rings. The summed E-state index contributed by atoms with van der Waals surface area (Å²) in [5, 5.41) is 8.06. The van der Waals surface area contributed by atoms with E-state index in [1.54, 1.807) is 0 Å². The Hall–Kier alpha value is -1.13. The minimum Gasteiger partial charge on any atom is -0.319 e. The highest BCUT2D eigenvalue weighted by Gasteiger charge is 2.15. The fourth-order valence-corrected chi connectivity index (χ4v) is 2.78. The molecular weight excluding hydrogens is 314 g/mol. The van der Waals surface area contributed by atoms with Crippen molar-refractivity contribution in [3.05, 3.63) is 45.7 Å². The van der Waals surface area contributed by atoms with Crippen molar-refractivity contribution in [1.82, 2.24) is 15.1 Å². The van der Waals surface area contributed by atoms with Crippen LogP contribution in [0.1, 0.15) is 30.8 Å². The first-order valence-corrected chi connectivity index (χ1v) is 8.00. The zero-order valence-corrected chi connectivity index (χ0v) is 14.0. The van der Waals surface area contributed by atoms with Gasteiger partial charge in [-0.25, -0.2) is 4.68 Å². The lowest BCUT2D eigenvalue weighted by Gasteiger charge is -2.08. The van der Waals surface area contributed by atoms with E-state index in [1.807, 2.05) is 7.05 Å². The van der Waals surface area contributed by atoms with Gasteiger partial charge in [0.1, 0.15) is 0 Å². The van der Waals surface area contributed by atoms with Crippen LogP contribution >= 0.6 is 15.9 Å². The second-order valence-electron chi connectivity index (χ2n) is 4.82.